The van der Waals surface area contributed by atoms with Gasteiger partial charge in [-0.05, 0) is 18.7 Å². The van der Waals surface area contributed by atoms with Crippen LogP contribution in [0.15, 0.2) is 24.4 Å². The molecule has 2 heterocycles. The molecule has 0 atom stereocenters. The number of hydrogen-bond donors (Lipinski definition) is 1. The zero-order chi connectivity index (χ0) is 17.6. The average Bonchev–Trinajstić information content (AvgIpc) is 2.68. The molecule has 1 saturated heterocycles. The van der Waals surface area contributed by atoms with Crippen molar-refractivity contribution in [3.05, 3.63) is 24.4 Å². The predicted octanol–water partition coefficient (Wildman–Crippen LogP) is 1.77. The number of nitrogens with zero attached hydrogens (tertiary/aromatic N) is 5. The molecule has 0 saturated carbocycles. The lowest BCUT2D eigenvalue weighted by molar-refractivity contribution is 0.269. The standard InChI is InChI=1S/C17H24N6O2/c1-4-22-7-9-23(10-8-22)17-20-16(12-18-21-17)19-13-5-6-14(24-2)15(11-13)25-3/h5-6,11-12H,4,7-10H2,1-3H3,(H,19,20,21). The SMILES string of the molecule is CCN1CCN(c2nncc(Nc3ccc(OC)c(OC)c3)n2)CC1. The molecule has 0 unspecified atom stereocenters. The zero-order valence-corrected chi connectivity index (χ0v) is 14.9. The van der Waals surface area contributed by atoms with E-state index in [2.05, 4.69) is 37.2 Å². The molecular formula is C17H24N6O2. The molecule has 0 spiro atoms. The van der Waals surface area contributed by atoms with Crippen molar-refractivity contribution in [1.29, 1.82) is 0 Å². The van der Waals surface area contributed by atoms with Crippen LogP contribution in [0.3, 0.4) is 0 Å². The van der Waals surface area contributed by atoms with E-state index >= 15 is 0 Å². The number of hydrogen-bond acceptors (Lipinski definition) is 8. The van der Waals surface area contributed by atoms with E-state index in [1.807, 2.05) is 18.2 Å². The molecule has 1 aromatic carbocycles. The van der Waals surface area contributed by atoms with E-state index in [0.29, 0.717) is 23.3 Å². The summed E-state index contributed by atoms with van der Waals surface area (Å²) in [6.07, 6.45) is 1.61. The van der Waals surface area contributed by atoms with E-state index in [4.69, 9.17) is 9.47 Å². The summed E-state index contributed by atoms with van der Waals surface area (Å²) < 4.78 is 10.6. The van der Waals surface area contributed by atoms with Gasteiger partial charge in [-0.25, -0.2) is 0 Å². The second kappa shape index (κ2) is 7.98. The van der Waals surface area contributed by atoms with Crippen LogP contribution in [0.1, 0.15) is 6.92 Å². The first-order valence-corrected chi connectivity index (χ1v) is 8.39. The quantitative estimate of drug-likeness (QED) is 0.850. The molecule has 2 aromatic rings. The van der Waals surface area contributed by atoms with Crippen LogP contribution >= 0.6 is 0 Å². The summed E-state index contributed by atoms with van der Waals surface area (Å²) >= 11 is 0. The molecule has 0 bridgehead atoms. The molecule has 1 N–H and O–H groups in total. The van der Waals surface area contributed by atoms with Gasteiger partial charge >= 0.3 is 0 Å². The lowest BCUT2D eigenvalue weighted by Crippen LogP contribution is -2.46. The molecule has 134 valence electrons. The highest BCUT2D eigenvalue weighted by atomic mass is 16.5. The summed E-state index contributed by atoms with van der Waals surface area (Å²) in [6.45, 7) is 7.13. The van der Waals surface area contributed by atoms with Crippen LogP contribution in [0.25, 0.3) is 0 Å². The van der Waals surface area contributed by atoms with Gasteiger partial charge in [-0.2, -0.15) is 10.1 Å². The minimum Gasteiger partial charge on any atom is -0.493 e. The lowest BCUT2D eigenvalue weighted by Gasteiger charge is -2.33. The summed E-state index contributed by atoms with van der Waals surface area (Å²) in [4.78, 5) is 9.17. The van der Waals surface area contributed by atoms with Crippen LogP contribution in [-0.4, -0.2) is 67.0 Å². The molecule has 1 aliphatic rings. The van der Waals surface area contributed by atoms with E-state index in [1.165, 1.54) is 0 Å². The molecule has 3 rings (SSSR count). The van der Waals surface area contributed by atoms with Crippen LogP contribution in [-0.2, 0) is 0 Å². The number of ether oxygens (including phenoxy) is 2. The molecule has 25 heavy (non-hydrogen) atoms. The van der Waals surface area contributed by atoms with Gasteiger partial charge in [0.1, 0.15) is 0 Å². The van der Waals surface area contributed by atoms with Gasteiger partial charge in [-0.3, -0.25) is 0 Å². The average molecular weight is 344 g/mol. The van der Waals surface area contributed by atoms with Crippen molar-refractivity contribution in [1.82, 2.24) is 20.1 Å². The fraction of sp³-hybridized carbons (Fsp3) is 0.471. The molecule has 1 aromatic heterocycles. The first-order valence-electron chi connectivity index (χ1n) is 8.39. The Balaban J connectivity index is 1.72. The van der Waals surface area contributed by atoms with E-state index in [0.717, 1.165) is 38.4 Å². The monoisotopic (exact) mass is 344 g/mol. The maximum Gasteiger partial charge on any atom is 0.247 e. The highest BCUT2D eigenvalue weighted by Crippen LogP contribution is 2.30. The van der Waals surface area contributed by atoms with Crippen molar-refractivity contribution < 1.29 is 9.47 Å². The smallest absolute Gasteiger partial charge is 0.247 e. The summed E-state index contributed by atoms with van der Waals surface area (Å²) in [5.41, 5.74) is 0.847. The molecule has 0 radical (unpaired) electrons. The van der Waals surface area contributed by atoms with Crippen molar-refractivity contribution in [3.63, 3.8) is 0 Å². The topological polar surface area (TPSA) is 75.6 Å². The van der Waals surface area contributed by atoms with Gasteiger partial charge in [0.25, 0.3) is 0 Å². The number of rotatable bonds is 6. The first-order chi connectivity index (χ1) is 12.2. The van der Waals surface area contributed by atoms with Gasteiger partial charge in [0.05, 0.1) is 20.4 Å². The second-order valence-electron chi connectivity index (χ2n) is 5.76. The van der Waals surface area contributed by atoms with Crippen LogP contribution in [0.2, 0.25) is 0 Å². The fourth-order valence-electron chi connectivity index (χ4n) is 2.81. The minimum absolute atomic E-state index is 0.648. The maximum absolute atomic E-state index is 5.33. The Morgan fingerprint density at radius 1 is 1.08 bits per heavy atom. The first kappa shape index (κ1) is 17.2. The normalized spacial score (nSPS) is 15.1. The third-order valence-corrected chi connectivity index (χ3v) is 4.31. The Bertz CT molecular complexity index is 703. The highest BCUT2D eigenvalue weighted by Gasteiger charge is 2.18. The summed E-state index contributed by atoms with van der Waals surface area (Å²) in [7, 11) is 3.23. The van der Waals surface area contributed by atoms with Gasteiger partial charge in [0, 0.05) is 37.9 Å². The van der Waals surface area contributed by atoms with E-state index in [1.54, 1.807) is 20.4 Å². The number of likely N-dealkylation sites (N-methyl/N-ethyl adjacent to an activating group) is 1. The molecule has 8 heteroatoms. The molecule has 8 nitrogen and oxygen atoms in total. The van der Waals surface area contributed by atoms with E-state index < -0.39 is 0 Å². The molecule has 1 fully saturated rings. The van der Waals surface area contributed by atoms with Crippen molar-refractivity contribution >= 4 is 17.5 Å². The number of nitrogens with one attached hydrogen (secondary N) is 1. The molecular weight excluding hydrogens is 320 g/mol. The Hall–Kier alpha value is -2.61. The van der Waals surface area contributed by atoms with Gasteiger partial charge in [-0.1, -0.05) is 6.92 Å². The number of aromatic nitrogens is 3. The van der Waals surface area contributed by atoms with Crippen molar-refractivity contribution in [2.24, 2.45) is 0 Å². The van der Waals surface area contributed by atoms with Gasteiger partial charge in [-0.15, -0.1) is 5.10 Å². The third kappa shape index (κ3) is 4.08. The van der Waals surface area contributed by atoms with Crippen LogP contribution in [0, 0.1) is 0 Å². The molecule has 0 amide bonds. The van der Waals surface area contributed by atoms with Crippen molar-refractivity contribution in [3.8, 4) is 11.5 Å². The highest BCUT2D eigenvalue weighted by molar-refractivity contribution is 5.61. The van der Waals surface area contributed by atoms with Crippen LogP contribution < -0.4 is 19.7 Å². The Kier molecular flexibility index (Phi) is 5.49. The third-order valence-electron chi connectivity index (χ3n) is 4.31. The van der Waals surface area contributed by atoms with Crippen molar-refractivity contribution in [2.45, 2.75) is 6.92 Å². The van der Waals surface area contributed by atoms with E-state index in [-0.39, 0.29) is 0 Å². The number of methoxy groups -OCH3 is 2. The van der Waals surface area contributed by atoms with Gasteiger partial charge < -0.3 is 24.6 Å². The molecule has 1 aliphatic heterocycles. The number of benzene rings is 1. The Morgan fingerprint density at radius 3 is 2.52 bits per heavy atom. The van der Waals surface area contributed by atoms with Crippen LogP contribution in [0.5, 0.6) is 11.5 Å². The second-order valence-corrected chi connectivity index (χ2v) is 5.76. The van der Waals surface area contributed by atoms with E-state index in [9.17, 15) is 0 Å². The van der Waals surface area contributed by atoms with Gasteiger partial charge in [0.15, 0.2) is 17.3 Å². The largest absolute Gasteiger partial charge is 0.493 e. The Labute approximate surface area is 147 Å². The predicted molar refractivity (Wildman–Crippen MR) is 97.0 cm³/mol. The minimum atomic E-state index is 0.648. The fourth-order valence-corrected chi connectivity index (χ4v) is 2.81. The summed E-state index contributed by atoms with van der Waals surface area (Å²) in [5, 5.41) is 11.5. The lowest BCUT2D eigenvalue weighted by atomic mass is 10.2. The maximum atomic E-state index is 5.33. The van der Waals surface area contributed by atoms with Crippen molar-refractivity contribution in [2.75, 3.05) is 57.2 Å². The van der Waals surface area contributed by atoms with Gasteiger partial charge in [0.2, 0.25) is 5.95 Å². The number of piperazine rings is 1. The van der Waals surface area contributed by atoms with Crippen LogP contribution in [0.4, 0.5) is 17.5 Å². The zero-order valence-electron chi connectivity index (χ0n) is 14.9. The summed E-state index contributed by atoms with van der Waals surface area (Å²) in [6, 6.07) is 5.62. The number of anilines is 3. The molecule has 0 aliphatic carbocycles. The Morgan fingerprint density at radius 2 is 1.84 bits per heavy atom. The summed E-state index contributed by atoms with van der Waals surface area (Å²) in [5.74, 6) is 2.64.